The second kappa shape index (κ2) is 11.0. The molecule has 10 heteroatoms. The van der Waals surface area contributed by atoms with Crippen molar-refractivity contribution in [3.63, 3.8) is 0 Å². The smallest absolute Gasteiger partial charge is 0.419 e. The Bertz CT molecular complexity index is 1480. The first kappa shape index (κ1) is 28.7. The number of carbonyl (C=O) groups is 4. The van der Waals surface area contributed by atoms with Crippen LogP contribution < -0.4 is 15.4 Å². The first-order valence-electron chi connectivity index (χ1n) is 13.2. The maximum absolute atomic E-state index is 13.4. The number of carbonyl (C=O) groups excluding carboxylic acids is 4. The minimum absolute atomic E-state index is 0.273. The Morgan fingerprint density at radius 2 is 1.75 bits per heavy atom. The molecule has 2 aromatic carbocycles. The molecule has 0 spiro atoms. The van der Waals surface area contributed by atoms with Gasteiger partial charge in [-0.15, -0.1) is 0 Å². The largest absolute Gasteiger partial charge is 0.493 e. The molecule has 0 aliphatic carbocycles. The van der Waals surface area contributed by atoms with Gasteiger partial charge in [0.1, 0.15) is 23.2 Å². The second-order valence-corrected chi connectivity index (χ2v) is 11.6. The number of nitrogens with zero attached hydrogens (tertiary/aromatic N) is 1. The molecule has 0 radical (unpaired) electrons. The topological polar surface area (TPSA) is 125 Å². The van der Waals surface area contributed by atoms with Crippen LogP contribution in [0.2, 0.25) is 0 Å². The van der Waals surface area contributed by atoms with E-state index in [0.717, 1.165) is 6.29 Å². The highest BCUT2D eigenvalue weighted by Crippen LogP contribution is 2.38. The Hall–Kier alpha value is -4.34. The average molecular weight is 550 g/mol. The maximum atomic E-state index is 13.4. The molecule has 1 aliphatic rings. The van der Waals surface area contributed by atoms with Gasteiger partial charge in [-0.25, -0.2) is 14.2 Å². The Balaban J connectivity index is 1.63. The predicted octanol–water partition coefficient (Wildman–Crippen LogP) is 5.44. The van der Waals surface area contributed by atoms with Crippen LogP contribution in [-0.2, 0) is 16.0 Å². The molecule has 0 fully saturated rings. The van der Waals surface area contributed by atoms with Crippen LogP contribution in [-0.4, -0.2) is 53.3 Å². The highest BCUT2D eigenvalue weighted by molar-refractivity contribution is 6.07. The van der Waals surface area contributed by atoms with Crippen LogP contribution in [0.3, 0.4) is 0 Å². The third kappa shape index (κ3) is 6.44. The van der Waals surface area contributed by atoms with Gasteiger partial charge in [-0.2, -0.15) is 0 Å². The molecule has 40 heavy (non-hydrogen) atoms. The summed E-state index contributed by atoms with van der Waals surface area (Å²) in [5.74, 6) is 0.258. The molecule has 0 bridgehead atoms. The molecular weight excluding hydrogens is 514 g/mol. The Labute approximate surface area is 233 Å². The second-order valence-electron chi connectivity index (χ2n) is 11.6. The lowest BCUT2D eigenvalue weighted by Gasteiger charge is -2.21. The summed E-state index contributed by atoms with van der Waals surface area (Å²) in [4.78, 5) is 49.6. The maximum Gasteiger partial charge on any atom is 0.419 e. The fraction of sp³-hybridized carbons (Fsp3) is 0.400. The summed E-state index contributed by atoms with van der Waals surface area (Å²) < 4.78 is 18.3. The van der Waals surface area contributed by atoms with Crippen LogP contribution in [0.4, 0.5) is 9.59 Å². The van der Waals surface area contributed by atoms with Gasteiger partial charge >= 0.3 is 12.2 Å². The summed E-state index contributed by atoms with van der Waals surface area (Å²) in [7, 11) is 0. The van der Waals surface area contributed by atoms with Crippen molar-refractivity contribution in [2.75, 3.05) is 13.2 Å². The first-order valence-corrected chi connectivity index (χ1v) is 13.2. The van der Waals surface area contributed by atoms with Crippen molar-refractivity contribution in [3.8, 4) is 17.0 Å². The van der Waals surface area contributed by atoms with Gasteiger partial charge in [0.25, 0.3) is 5.91 Å². The summed E-state index contributed by atoms with van der Waals surface area (Å²) in [6.07, 6.45) is 0.183. The van der Waals surface area contributed by atoms with Gasteiger partial charge in [-0.3, -0.25) is 9.59 Å². The van der Waals surface area contributed by atoms with Crippen molar-refractivity contribution in [1.29, 1.82) is 0 Å². The highest BCUT2D eigenvalue weighted by Gasteiger charge is 2.30. The lowest BCUT2D eigenvalue weighted by molar-refractivity contribution is 0.0520. The van der Waals surface area contributed by atoms with Gasteiger partial charge in [-0.1, -0.05) is 0 Å². The Morgan fingerprint density at radius 1 is 1.02 bits per heavy atom. The van der Waals surface area contributed by atoms with Crippen LogP contribution in [0.15, 0.2) is 36.4 Å². The molecule has 10 nitrogen and oxygen atoms in total. The van der Waals surface area contributed by atoms with E-state index in [-0.39, 0.29) is 12.5 Å². The standard InChI is InChI=1S/C30H35N3O7/c1-29(2,3)39-27(36)31-12-7-13-38-24-11-9-20(25-21(24)16-32-26(25)35)23-15-19-14-18(17-34)8-10-22(19)33(23)28(37)40-30(4,5)6/h8-11,14-15,17H,7,12-13,16H2,1-6H3,(H,31,36)(H,32,35). The zero-order valence-electron chi connectivity index (χ0n) is 23.7. The summed E-state index contributed by atoms with van der Waals surface area (Å²) >= 11 is 0. The average Bonchev–Trinajstić information content (AvgIpc) is 3.42. The van der Waals surface area contributed by atoms with E-state index in [0.29, 0.717) is 64.2 Å². The number of hydrogen-bond donors (Lipinski definition) is 2. The number of nitrogens with one attached hydrogen (secondary N) is 2. The lowest BCUT2D eigenvalue weighted by atomic mass is 9.99. The molecule has 2 heterocycles. The first-order chi connectivity index (χ1) is 18.8. The number of amides is 2. The molecular formula is C30H35N3O7. The zero-order chi connectivity index (χ0) is 29.2. The van der Waals surface area contributed by atoms with Gasteiger partial charge in [0.15, 0.2) is 0 Å². The number of ether oxygens (including phenoxy) is 3. The van der Waals surface area contributed by atoms with Crippen molar-refractivity contribution in [2.45, 2.75) is 65.7 Å². The molecule has 0 saturated heterocycles. The van der Waals surface area contributed by atoms with Gasteiger partial charge < -0.3 is 24.8 Å². The third-order valence-corrected chi connectivity index (χ3v) is 5.98. The van der Waals surface area contributed by atoms with Crippen molar-refractivity contribution in [2.24, 2.45) is 0 Å². The molecule has 4 rings (SSSR count). The Kier molecular flexibility index (Phi) is 7.91. The third-order valence-electron chi connectivity index (χ3n) is 5.98. The van der Waals surface area contributed by atoms with E-state index in [2.05, 4.69) is 10.6 Å². The summed E-state index contributed by atoms with van der Waals surface area (Å²) in [5.41, 5.74) is 1.79. The van der Waals surface area contributed by atoms with Gasteiger partial charge in [0, 0.05) is 35.2 Å². The predicted molar refractivity (Wildman–Crippen MR) is 150 cm³/mol. The SMILES string of the molecule is CC(C)(C)OC(=O)NCCCOc1ccc(-c2cc3cc(C=O)ccc3n2C(=O)OC(C)(C)C)c2c1CNC2=O. The van der Waals surface area contributed by atoms with Crippen molar-refractivity contribution in [1.82, 2.24) is 15.2 Å². The minimum atomic E-state index is -0.747. The number of aromatic nitrogens is 1. The molecule has 1 aliphatic heterocycles. The number of rotatable bonds is 7. The van der Waals surface area contributed by atoms with Crippen LogP contribution in [0.1, 0.15) is 74.2 Å². The van der Waals surface area contributed by atoms with Gasteiger partial charge in [0.05, 0.1) is 23.4 Å². The van der Waals surface area contributed by atoms with Gasteiger partial charge in [-0.05, 0) is 84.4 Å². The highest BCUT2D eigenvalue weighted by atomic mass is 16.6. The molecule has 2 amide bonds. The van der Waals surface area contributed by atoms with Crippen LogP contribution in [0, 0.1) is 0 Å². The minimum Gasteiger partial charge on any atom is -0.493 e. The Morgan fingerprint density at radius 3 is 2.42 bits per heavy atom. The number of benzene rings is 2. The van der Waals surface area contributed by atoms with Crippen LogP contribution >= 0.6 is 0 Å². The molecule has 3 aromatic rings. The number of alkyl carbamates (subject to hydrolysis) is 1. The summed E-state index contributed by atoms with van der Waals surface area (Å²) in [6.45, 7) is 11.7. The zero-order valence-corrected chi connectivity index (χ0v) is 23.7. The van der Waals surface area contributed by atoms with Crippen LogP contribution in [0.25, 0.3) is 22.2 Å². The molecule has 2 N–H and O–H groups in total. The number of fused-ring (bicyclic) bond motifs is 2. The lowest BCUT2D eigenvalue weighted by Crippen LogP contribution is -2.33. The van der Waals surface area contributed by atoms with Crippen molar-refractivity contribution >= 4 is 35.3 Å². The van der Waals surface area contributed by atoms with Crippen molar-refractivity contribution < 1.29 is 33.4 Å². The fourth-order valence-corrected chi connectivity index (χ4v) is 4.44. The van der Waals surface area contributed by atoms with E-state index in [9.17, 15) is 19.2 Å². The monoisotopic (exact) mass is 549 g/mol. The molecule has 0 atom stereocenters. The number of hydrogen-bond acceptors (Lipinski definition) is 7. The quantitative estimate of drug-likeness (QED) is 0.297. The van der Waals surface area contributed by atoms with E-state index in [4.69, 9.17) is 14.2 Å². The van der Waals surface area contributed by atoms with E-state index in [1.165, 1.54) is 4.57 Å². The molecule has 0 unspecified atom stereocenters. The molecule has 1 aromatic heterocycles. The normalized spacial score (nSPS) is 13.0. The van der Waals surface area contributed by atoms with Crippen LogP contribution in [0.5, 0.6) is 5.75 Å². The number of aldehydes is 1. The van der Waals surface area contributed by atoms with E-state index in [1.807, 2.05) is 0 Å². The molecule has 0 saturated carbocycles. The van der Waals surface area contributed by atoms with Crippen molar-refractivity contribution in [3.05, 3.63) is 53.1 Å². The van der Waals surface area contributed by atoms with E-state index < -0.39 is 23.4 Å². The fourth-order valence-electron chi connectivity index (χ4n) is 4.44. The summed E-state index contributed by atoms with van der Waals surface area (Å²) in [6, 6.07) is 10.3. The summed E-state index contributed by atoms with van der Waals surface area (Å²) in [5, 5.41) is 6.20. The molecule has 212 valence electrons. The van der Waals surface area contributed by atoms with Gasteiger partial charge in [0.2, 0.25) is 0 Å². The van der Waals surface area contributed by atoms with E-state index >= 15 is 0 Å². The van der Waals surface area contributed by atoms with E-state index in [1.54, 1.807) is 77.9 Å².